The number of hydrogen-bond donors (Lipinski definition) is 0. The molecule has 0 amide bonds. The Hall–Kier alpha value is -7.30. The van der Waals surface area contributed by atoms with Crippen LogP contribution in [0.3, 0.4) is 0 Å². The van der Waals surface area contributed by atoms with Gasteiger partial charge in [-0.2, -0.15) is 0 Å². The van der Waals surface area contributed by atoms with Crippen molar-refractivity contribution in [1.82, 2.24) is 0 Å². The standard InChI is InChI=1S/C58H42F2N2/c1-57(2)49-11-7-5-9-43(49)45-29-25-41(33-51(45)57)61(39-21-17-37(59)18-22-39)53-31-15-35-14-28-48-54(32-16-36-13-27-47(53)55(35)56(36)48)62(40-23-19-38(60)20-24-40)42-26-30-46-44-10-6-8-12-50(44)58(3,4)52(46)34-42/h5-34H,1-4H3/i17D,18D,19D,20D,21D,22D,23D,24D. The molecular weight excluding hydrogens is 763 g/mol. The molecule has 0 aromatic heterocycles. The minimum Gasteiger partial charge on any atom is -0.310 e. The first-order valence-corrected chi connectivity index (χ1v) is 20.7. The molecule has 4 heteroatoms. The summed E-state index contributed by atoms with van der Waals surface area (Å²) in [7, 11) is 0. The molecule has 0 N–H and O–H groups in total. The normalized spacial score (nSPS) is 16.0. The van der Waals surface area contributed by atoms with Gasteiger partial charge < -0.3 is 9.80 Å². The van der Waals surface area contributed by atoms with Crippen LogP contribution in [0.4, 0.5) is 42.9 Å². The van der Waals surface area contributed by atoms with Gasteiger partial charge in [-0.3, -0.25) is 0 Å². The van der Waals surface area contributed by atoms with Crippen molar-refractivity contribution in [2.24, 2.45) is 0 Å². The molecule has 0 saturated heterocycles. The Bertz CT molecular complexity index is 3630. The number of nitrogens with zero attached hydrogens (tertiary/aromatic N) is 2. The highest BCUT2D eigenvalue weighted by atomic mass is 19.1. The molecule has 2 aliphatic rings. The van der Waals surface area contributed by atoms with Gasteiger partial charge in [0.05, 0.1) is 22.3 Å². The van der Waals surface area contributed by atoms with Gasteiger partial charge >= 0.3 is 0 Å². The third-order valence-corrected chi connectivity index (χ3v) is 13.4. The molecular formula is C58H42F2N2. The first-order chi connectivity index (χ1) is 33.4. The molecule has 62 heavy (non-hydrogen) atoms. The number of fused-ring (bicyclic) bond motifs is 6. The molecule has 0 aliphatic heterocycles. The van der Waals surface area contributed by atoms with Gasteiger partial charge in [0.15, 0.2) is 0 Å². The molecule has 0 saturated carbocycles. The smallest absolute Gasteiger partial charge is 0.123 e. The predicted molar refractivity (Wildman–Crippen MR) is 255 cm³/mol. The number of halogens is 2. The van der Waals surface area contributed by atoms with Crippen LogP contribution in [0.2, 0.25) is 0 Å². The molecule has 298 valence electrons. The Labute approximate surface area is 371 Å². The highest BCUT2D eigenvalue weighted by molar-refractivity contribution is 6.28. The van der Waals surface area contributed by atoms with Gasteiger partial charge in [0, 0.05) is 44.4 Å². The first kappa shape index (κ1) is 29.0. The van der Waals surface area contributed by atoms with E-state index in [1.54, 1.807) is 9.80 Å². The van der Waals surface area contributed by atoms with Crippen LogP contribution in [0.25, 0.3) is 54.6 Å². The largest absolute Gasteiger partial charge is 0.310 e. The molecule has 2 nitrogen and oxygen atoms in total. The summed E-state index contributed by atoms with van der Waals surface area (Å²) in [5.74, 6) is -2.48. The van der Waals surface area contributed by atoms with E-state index in [4.69, 9.17) is 5.48 Å². The molecule has 0 bridgehead atoms. The molecule has 0 unspecified atom stereocenters. The summed E-state index contributed by atoms with van der Waals surface area (Å²) in [6, 6.07) is 38.5. The zero-order chi connectivity index (χ0) is 49.0. The van der Waals surface area contributed by atoms with Crippen LogP contribution in [-0.2, 0) is 10.8 Å². The van der Waals surface area contributed by atoms with Crippen molar-refractivity contribution in [3.63, 3.8) is 0 Å². The van der Waals surface area contributed by atoms with Crippen molar-refractivity contribution >= 4 is 66.4 Å². The van der Waals surface area contributed by atoms with Gasteiger partial charge in [-0.05, 0) is 151 Å². The van der Waals surface area contributed by atoms with Crippen LogP contribution in [0.1, 0.15) is 60.9 Å². The number of anilines is 6. The van der Waals surface area contributed by atoms with Crippen LogP contribution in [0.15, 0.2) is 182 Å². The quantitative estimate of drug-likeness (QED) is 0.154. The van der Waals surface area contributed by atoms with E-state index in [2.05, 4.69) is 52.0 Å². The number of rotatable bonds is 6. The molecule has 0 fully saturated rings. The minimum absolute atomic E-state index is 0.118. The van der Waals surface area contributed by atoms with E-state index in [9.17, 15) is 5.48 Å². The molecule has 2 aliphatic carbocycles. The lowest BCUT2D eigenvalue weighted by Gasteiger charge is -2.31. The van der Waals surface area contributed by atoms with E-state index >= 15 is 8.78 Å². The van der Waals surface area contributed by atoms with Crippen LogP contribution in [0, 0.1) is 11.6 Å². The third kappa shape index (κ3) is 5.19. The Morgan fingerprint density at radius 1 is 0.387 bits per heavy atom. The Morgan fingerprint density at radius 2 is 0.758 bits per heavy atom. The van der Waals surface area contributed by atoms with Crippen molar-refractivity contribution in [2.45, 2.75) is 38.5 Å². The van der Waals surface area contributed by atoms with Crippen molar-refractivity contribution in [3.8, 4) is 22.3 Å². The molecule has 0 heterocycles. The fraction of sp³-hybridized carbons (Fsp3) is 0.103. The molecule has 10 aromatic rings. The second-order valence-corrected chi connectivity index (χ2v) is 17.4. The zero-order valence-corrected chi connectivity index (χ0v) is 34.4. The second kappa shape index (κ2) is 13.1. The van der Waals surface area contributed by atoms with E-state index in [-0.39, 0.29) is 11.4 Å². The summed E-state index contributed by atoms with van der Waals surface area (Å²) in [4.78, 5) is 3.40. The predicted octanol–water partition coefficient (Wildman–Crippen LogP) is 16.4. The molecule has 0 atom stereocenters. The average Bonchev–Trinajstić information content (AvgIpc) is 3.74. The van der Waals surface area contributed by atoms with Crippen molar-refractivity contribution in [2.75, 3.05) is 9.80 Å². The van der Waals surface area contributed by atoms with Gasteiger partial charge in [-0.25, -0.2) is 8.78 Å². The highest BCUT2D eigenvalue weighted by Crippen LogP contribution is 2.54. The fourth-order valence-corrected chi connectivity index (χ4v) is 10.4. The maximum atomic E-state index is 15.4. The summed E-state index contributed by atoms with van der Waals surface area (Å²) >= 11 is 0. The molecule has 10 aromatic carbocycles. The third-order valence-electron chi connectivity index (χ3n) is 13.4. The number of hydrogen-bond acceptors (Lipinski definition) is 2. The topological polar surface area (TPSA) is 6.48 Å². The van der Waals surface area contributed by atoms with Crippen molar-refractivity contribution in [1.29, 1.82) is 0 Å². The lowest BCUT2D eigenvalue weighted by molar-refractivity contribution is 0.627. The van der Waals surface area contributed by atoms with Gasteiger partial charge in [0.2, 0.25) is 0 Å². The SMILES string of the molecule is [2H]c1c([2H])c(N(c2ccc3c(c2)C(C)(C)c2ccccc2-3)c2ccc3ccc4c(N(c5ccc6c(c5)C(C)(C)c5ccccc5-6)c5c([2H])c([2H])c(F)c([2H])c5[2H])ccc5ccc2c3c54)c([2H])c([2H])c1F. The minimum atomic E-state index is -1.24. The van der Waals surface area contributed by atoms with Crippen LogP contribution in [0.5, 0.6) is 0 Å². The maximum Gasteiger partial charge on any atom is 0.123 e. The van der Waals surface area contributed by atoms with Crippen LogP contribution < -0.4 is 9.80 Å². The average molecular weight is 813 g/mol. The summed E-state index contributed by atoms with van der Waals surface area (Å²) in [6.45, 7) is 8.59. The highest BCUT2D eigenvalue weighted by Gasteiger charge is 2.37. The van der Waals surface area contributed by atoms with Crippen molar-refractivity contribution in [3.05, 3.63) is 216 Å². The lowest BCUT2D eigenvalue weighted by atomic mass is 9.82. The monoisotopic (exact) mass is 812 g/mol. The van der Waals surface area contributed by atoms with Crippen LogP contribution in [-0.4, -0.2) is 0 Å². The van der Waals surface area contributed by atoms with Gasteiger partial charge in [-0.1, -0.05) is 125 Å². The lowest BCUT2D eigenvalue weighted by Crippen LogP contribution is -2.17. The fourth-order valence-electron chi connectivity index (χ4n) is 10.4. The van der Waals surface area contributed by atoms with Gasteiger partial charge in [0.1, 0.15) is 11.6 Å². The van der Waals surface area contributed by atoms with Crippen molar-refractivity contribution < 1.29 is 19.7 Å². The molecule has 12 rings (SSSR count). The van der Waals surface area contributed by atoms with Gasteiger partial charge in [0.25, 0.3) is 0 Å². The van der Waals surface area contributed by atoms with Gasteiger partial charge in [-0.15, -0.1) is 0 Å². The summed E-state index contributed by atoms with van der Waals surface area (Å²) in [5, 5.41) is 4.63. The molecule has 0 radical (unpaired) electrons. The first-order valence-electron chi connectivity index (χ1n) is 24.7. The van der Waals surface area contributed by atoms with E-state index < -0.39 is 70.8 Å². The maximum absolute atomic E-state index is 15.4. The van der Waals surface area contributed by atoms with E-state index in [1.165, 1.54) is 0 Å². The summed E-state index contributed by atoms with van der Waals surface area (Å²) < 4.78 is 102. The number of benzene rings is 10. The Morgan fingerprint density at radius 3 is 1.18 bits per heavy atom. The van der Waals surface area contributed by atoms with E-state index in [1.807, 2.05) is 109 Å². The second-order valence-electron chi connectivity index (χ2n) is 17.4. The summed E-state index contributed by atoms with van der Waals surface area (Å²) in [6.07, 6.45) is 0. The van der Waals surface area contributed by atoms with E-state index in [0.717, 1.165) is 66.1 Å². The Balaban J connectivity index is 1.13. The molecule has 0 spiro atoms. The Kier molecular flexibility index (Phi) is 6.14. The zero-order valence-electron chi connectivity index (χ0n) is 42.4. The summed E-state index contributed by atoms with van der Waals surface area (Å²) in [5.41, 5.74) is 9.61. The van der Waals surface area contributed by atoms with Crippen LogP contribution >= 0.6 is 0 Å². The van der Waals surface area contributed by atoms with E-state index in [0.29, 0.717) is 33.5 Å².